The van der Waals surface area contributed by atoms with Crippen LogP contribution in [0.25, 0.3) is 0 Å². The molecule has 17 heavy (non-hydrogen) atoms. The van der Waals surface area contributed by atoms with Crippen molar-refractivity contribution >= 4 is 0 Å². The molecule has 0 aliphatic heterocycles. The van der Waals surface area contributed by atoms with Gasteiger partial charge in [0, 0.05) is 0 Å². The lowest BCUT2D eigenvalue weighted by atomic mass is 10.5. The molecule has 11 heteroatoms. The Morgan fingerprint density at radius 3 is 1.41 bits per heavy atom. The van der Waals surface area contributed by atoms with Crippen molar-refractivity contribution in [3.63, 3.8) is 0 Å². The molecule has 0 atom stereocenters. The highest BCUT2D eigenvalue weighted by atomic mass is 19.4. The highest BCUT2D eigenvalue weighted by molar-refractivity contribution is 4.99. The van der Waals surface area contributed by atoms with Crippen molar-refractivity contribution in [1.29, 1.82) is 0 Å². The number of methoxy groups -OCH3 is 1. The monoisotopic (exact) mass is 277 g/mol. The summed E-state index contributed by atoms with van der Waals surface area (Å²) in [7, 11) is 0.252. The van der Waals surface area contributed by atoms with Gasteiger partial charge in [-0.1, -0.05) is 0 Å². The third-order valence-corrected chi connectivity index (χ3v) is 1.22. The highest BCUT2D eigenvalue weighted by Crippen LogP contribution is 2.38. The zero-order valence-corrected chi connectivity index (χ0v) is 7.83. The largest absolute Gasteiger partial charge is 0.494 e. The minimum atomic E-state index is -6.09. The third kappa shape index (κ3) is 5.04. The number of alkyl halides is 9. The van der Waals surface area contributed by atoms with Crippen LogP contribution in [0.1, 0.15) is 0 Å². The maximum atomic E-state index is 11.9. The molecule has 0 aliphatic carbocycles. The quantitative estimate of drug-likeness (QED) is 0.436. The van der Waals surface area contributed by atoms with Crippen LogP contribution in [0.5, 0.6) is 0 Å². The molecule has 0 aliphatic rings. The topological polar surface area (TPSA) is 12.5 Å². The molecule has 0 fully saturated rings. The van der Waals surface area contributed by atoms with Crippen LogP contribution in [0, 0.1) is 0 Å². The minimum absolute atomic E-state index is 0.252. The number of ether oxygens (including phenoxy) is 1. The predicted molar refractivity (Wildman–Crippen MR) is 35.1 cm³/mol. The summed E-state index contributed by atoms with van der Waals surface area (Å²) in [5.74, 6) is -2.42. The van der Waals surface area contributed by atoms with Crippen molar-refractivity contribution in [1.82, 2.24) is 4.90 Å². The fraction of sp³-hybridized carbons (Fsp3) is 0.667. The molecule has 0 radical (unpaired) electrons. The second-order valence-electron chi connectivity index (χ2n) is 2.50. The number of rotatable bonds is 2. The second-order valence-corrected chi connectivity index (χ2v) is 2.50. The maximum absolute atomic E-state index is 11.9. The standard InChI is InChI=1S/C6H4F9NO/c1-17-3(2-4(7,8)9)16(5(10,11)12)6(13,14)15/h2H,1H3/b3-2-. The van der Waals surface area contributed by atoms with Gasteiger partial charge in [-0.2, -0.15) is 18.1 Å². The van der Waals surface area contributed by atoms with Crippen molar-refractivity contribution in [3.8, 4) is 0 Å². The van der Waals surface area contributed by atoms with Crippen LogP contribution in [-0.4, -0.2) is 30.8 Å². The molecule has 0 unspecified atom stereocenters. The minimum Gasteiger partial charge on any atom is -0.482 e. The molecular weight excluding hydrogens is 273 g/mol. The van der Waals surface area contributed by atoms with E-state index in [1.807, 2.05) is 0 Å². The molecule has 0 bridgehead atoms. The van der Waals surface area contributed by atoms with Gasteiger partial charge in [0.1, 0.15) is 0 Å². The van der Waals surface area contributed by atoms with E-state index >= 15 is 0 Å². The van der Waals surface area contributed by atoms with Crippen molar-refractivity contribution in [3.05, 3.63) is 12.0 Å². The van der Waals surface area contributed by atoms with Gasteiger partial charge in [-0.3, -0.25) is 0 Å². The number of hydrogen-bond acceptors (Lipinski definition) is 2. The summed E-state index contributed by atoms with van der Waals surface area (Å²) in [6.07, 6.45) is -18.8. The molecule has 2 nitrogen and oxygen atoms in total. The molecule has 102 valence electrons. The van der Waals surface area contributed by atoms with E-state index in [0.29, 0.717) is 0 Å². The zero-order chi connectivity index (χ0) is 14.1. The van der Waals surface area contributed by atoms with Gasteiger partial charge >= 0.3 is 18.8 Å². The van der Waals surface area contributed by atoms with Gasteiger partial charge in [0.15, 0.2) is 0 Å². The van der Waals surface area contributed by atoms with Gasteiger partial charge < -0.3 is 4.74 Å². The van der Waals surface area contributed by atoms with Crippen molar-refractivity contribution in [2.24, 2.45) is 0 Å². The zero-order valence-electron chi connectivity index (χ0n) is 7.83. The molecule has 0 spiro atoms. The number of halogens is 9. The molecule has 0 rings (SSSR count). The fourth-order valence-corrected chi connectivity index (χ4v) is 0.748. The van der Waals surface area contributed by atoms with Gasteiger partial charge in [-0.25, -0.2) is 0 Å². The maximum Gasteiger partial charge on any atom is 0.494 e. The smallest absolute Gasteiger partial charge is 0.482 e. The van der Waals surface area contributed by atoms with E-state index in [9.17, 15) is 39.5 Å². The van der Waals surface area contributed by atoms with Gasteiger partial charge in [-0.05, 0) is 0 Å². The van der Waals surface area contributed by atoms with Crippen LogP contribution in [-0.2, 0) is 4.74 Å². The lowest BCUT2D eigenvalue weighted by Crippen LogP contribution is -2.48. The van der Waals surface area contributed by atoms with Crippen LogP contribution in [0.2, 0.25) is 0 Å². The van der Waals surface area contributed by atoms with E-state index < -0.39 is 35.6 Å². The Morgan fingerprint density at radius 1 is 0.882 bits per heavy atom. The van der Waals surface area contributed by atoms with E-state index in [1.54, 1.807) is 0 Å². The molecule has 0 heterocycles. The van der Waals surface area contributed by atoms with E-state index in [2.05, 4.69) is 4.74 Å². The normalized spacial score (nSPS) is 14.8. The Kier molecular flexibility index (Phi) is 4.18. The fourth-order valence-electron chi connectivity index (χ4n) is 0.748. The van der Waals surface area contributed by atoms with Crippen LogP contribution < -0.4 is 0 Å². The summed E-state index contributed by atoms with van der Waals surface area (Å²) in [5, 5.41) is 0. The first-order valence-corrected chi connectivity index (χ1v) is 3.56. The highest BCUT2D eigenvalue weighted by Gasteiger charge is 2.56. The summed E-state index contributed by atoms with van der Waals surface area (Å²) in [6, 6.07) is 0. The Labute approximate surface area is 88.2 Å². The van der Waals surface area contributed by atoms with Crippen LogP contribution >= 0.6 is 0 Å². The molecule has 0 aromatic heterocycles. The van der Waals surface area contributed by atoms with Crippen molar-refractivity contribution in [2.45, 2.75) is 18.8 Å². The first kappa shape index (κ1) is 15.7. The summed E-state index contributed by atoms with van der Waals surface area (Å²) >= 11 is 0. The number of allylic oxidation sites excluding steroid dienone is 1. The van der Waals surface area contributed by atoms with Gasteiger partial charge in [0.05, 0.1) is 13.2 Å². The van der Waals surface area contributed by atoms with E-state index in [-0.39, 0.29) is 7.11 Å². The van der Waals surface area contributed by atoms with Gasteiger partial charge in [-0.15, -0.1) is 26.3 Å². The Balaban J connectivity index is 5.53. The van der Waals surface area contributed by atoms with Gasteiger partial charge in [0.25, 0.3) is 0 Å². The molecule has 0 saturated heterocycles. The van der Waals surface area contributed by atoms with Crippen LogP contribution in [0.15, 0.2) is 12.0 Å². The number of nitrogens with zero attached hydrogens (tertiary/aromatic N) is 1. The van der Waals surface area contributed by atoms with Crippen LogP contribution in [0.4, 0.5) is 39.5 Å². The predicted octanol–water partition coefficient (Wildman–Crippen LogP) is 3.38. The van der Waals surface area contributed by atoms with E-state index in [1.165, 1.54) is 0 Å². The summed E-state index contributed by atoms with van der Waals surface area (Å²) in [6.45, 7) is 0. The molecule has 0 saturated carbocycles. The molecular formula is C6H4F9NO. The second kappa shape index (κ2) is 4.53. The Hall–Kier alpha value is -1.29. The van der Waals surface area contributed by atoms with Gasteiger partial charge in [0.2, 0.25) is 5.88 Å². The van der Waals surface area contributed by atoms with E-state index in [0.717, 1.165) is 0 Å². The Bertz CT molecular complexity index is 271. The SMILES string of the molecule is CO/C(=C\C(F)(F)F)N(C(F)(F)F)C(F)(F)F. The molecule has 0 amide bonds. The van der Waals surface area contributed by atoms with Crippen LogP contribution in [0.3, 0.4) is 0 Å². The van der Waals surface area contributed by atoms with Crippen molar-refractivity contribution < 1.29 is 44.3 Å². The first-order chi connectivity index (χ1) is 7.29. The lowest BCUT2D eigenvalue weighted by molar-refractivity contribution is -0.369. The van der Waals surface area contributed by atoms with E-state index in [4.69, 9.17) is 0 Å². The molecule has 0 N–H and O–H groups in total. The molecule has 0 aromatic rings. The average Bonchev–Trinajstić information content (AvgIpc) is 1.94. The molecule has 0 aromatic carbocycles. The number of hydrogen-bond donors (Lipinski definition) is 0. The Morgan fingerprint density at radius 2 is 1.24 bits per heavy atom. The lowest BCUT2D eigenvalue weighted by Gasteiger charge is -2.29. The van der Waals surface area contributed by atoms with Crippen molar-refractivity contribution in [2.75, 3.05) is 7.11 Å². The average molecular weight is 277 g/mol. The summed E-state index contributed by atoms with van der Waals surface area (Å²) < 4.78 is 110. The third-order valence-electron chi connectivity index (χ3n) is 1.22. The summed E-state index contributed by atoms with van der Waals surface area (Å²) in [5.41, 5.74) is 0. The first-order valence-electron chi connectivity index (χ1n) is 3.56. The summed E-state index contributed by atoms with van der Waals surface area (Å²) in [4.78, 5) is -2.38.